The molecule has 2 aliphatic rings. The van der Waals surface area contributed by atoms with E-state index in [1.54, 1.807) is 0 Å². The van der Waals surface area contributed by atoms with Gasteiger partial charge in [-0.2, -0.15) is 0 Å². The Hall–Kier alpha value is -1.36. The lowest BCUT2D eigenvalue weighted by Crippen LogP contribution is -2.31. The van der Waals surface area contributed by atoms with Crippen molar-refractivity contribution in [3.05, 3.63) is 11.4 Å². The highest BCUT2D eigenvalue weighted by atomic mass is 16.5. The van der Waals surface area contributed by atoms with Gasteiger partial charge in [0.05, 0.1) is 12.1 Å². The molecule has 1 aliphatic heterocycles. The zero-order chi connectivity index (χ0) is 13.4. The summed E-state index contributed by atoms with van der Waals surface area (Å²) in [5.74, 6) is 3.39. The lowest BCUT2D eigenvalue weighted by atomic mass is 10.1. The average molecular weight is 262 g/mol. The van der Waals surface area contributed by atoms with E-state index in [-0.39, 0.29) is 0 Å². The van der Waals surface area contributed by atoms with Crippen LogP contribution < -0.4 is 10.6 Å². The summed E-state index contributed by atoms with van der Waals surface area (Å²) in [4.78, 5) is 8.94. The summed E-state index contributed by atoms with van der Waals surface area (Å²) in [6.07, 6.45) is 4.06. The van der Waals surface area contributed by atoms with Gasteiger partial charge in [0.2, 0.25) is 0 Å². The van der Waals surface area contributed by atoms with Crippen molar-refractivity contribution in [3.63, 3.8) is 0 Å². The van der Waals surface area contributed by atoms with E-state index in [4.69, 9.17) is 4.74 Å². The highest BCUT2D eigenvalue weighted by Crippen LogP contribution is 2.39. The van der Waals surface area contributed by atoms with Crippen molar-refractivity contribution in [1.29, 1.82) is 0 Å². The molecule has 0 aromatic carbocycles. The summed E-state index contributed by atoms with van der Waals surface area (Å²) in [6, 6.07) is 0.394. The first-order valence-corrected chi connectivity index (χ1v) is 7.10. The Labute approximate surface area is 114 Å². The van der Waals surface area contributed by atoms with Crippen molar-refractivity contribution < 1.29 is 4.74 Å². The molecule has 1 saturated heterocycles. The highest BCUT2D eigenvalue weighted by Gasteiger charge is 2.40. The van der Waals surface area contributed by atoms with E-state index in [1.165, 1.54) is 12.8 Å². The van der Waals surface area contributed by atoms with E-state index in [1.807, 2.05) is 14.0 Å². The van der Waals surface area contributed by atoms with Gasteiger partial charge in [0, 0.05) is 19.2 Å². The molecule has 2 fully saturated rings. The zero-order valence-electron chi connectivity index (χ0n) is 11.9. The minimum absolute atomic E-state index is 0.368. The van der Waals surface area contributed by atoms with Crippen molar-refractivity contribution in [2.24, 2.45) is 5.92 Å². The van der Waals surface area contributed by atoms with E-state index in [2.05, 4.69) is 27.5 Å². The van der Waals surface area contributed by atoms with Crippen LogP contribution in [0.2, 0.25) is 0 Å². The molecular weight excluding hydrogens is 240 g/mol. The Kier molecular flexibility index (Phi) is 3.31. The zero-order valence-corrected chi connectivity index (χ0v) is 11.9. The largest absolute Gasteiger partial charge is 0.376 e. The monoisotopic (exact) mass is 262 g/mol. The summed E-state index contributed by atoms with van der Waals surface area (Å²) in [5.41, 5.74) is 1.08. The fourth-order valence-corrected chi connectivity index (χ4v) is 2.84. The first-order valence-electron chi connectivity index (χ1n) is 7.10. The average Bonchev–Trinajstić information content (AvgIpc) is 3.14. The fraction of sp³-hybridized carbons (Fsp3) is 0.714. The maximum Gasteiger partial charge on any atom is 0.135 e. The molecule has 5 nitrogen and oxygen atoms in total. The molecule has 0 bridgehead atoms. The van der Waals surface area contributed by atoms with Crippen LogP contribution in [0.15, 0.2) is 0 Å². The van der Waals surface area contributed by atoms with Crippen molar-refractivity contribution in [1.82, 2.24) is 9.97 Å². The second kappa shape index (κ2) is 4.96. The molecule has 1 aromatic rings. The number of hydrogen-bond donors (Lipinski definition) is 2. The van der Waals surface area contributed by atoms with Gasteiger partial charge in [0.15, 0.2) is 0 Å². The maximum atomic E-state index is 5.87. The Morgan fingerprint density at radius 2 is 1.84 bits per heavy atom. The molecule has 0 spiro atoms. The van der Waals surface area contributed by atoms with E-state index >= 15 is 0 Å². The molecule has 5 heteroatoms. The molecule has 1 aliphatic carbocycles. The van der Waals surface area contributed by atoms with Crippen LogP contribution >= 0.6 is 0 Å². The summed E-state index contributed by atoms with van der Waals surface area (Å²) in [6.45, 7) is 4.84. The SMILES string of the molecule is CNc1nc(C)nc(NC2CCOC2C2CC2)c1C. The van der Waals surface area contributed by atoms with Gasteiger partial charge in [-0.3, -0.25) is 0 Å². The number of nitrogens with one attached hydrogen (secondary N) is 2. The third kappa shape index (κ3) is 2.52. The molecule has 2 unspecified atom stereocenters. The lowest BCUT2D eigenvalue weighted by Gasteiger charge is -2.21. The Balaban J connectivity index is 1.80. The van der Waals surface area contributed by atoms with Gasteiger partial charge in [-0.05, 0) is 39.0 Å². The van der Waals surface area contributed by atoms with Gasteiger partial charge in [-0.1, -0.05) is 0 Å². The maximum absolute atomic E-state index is 5.87. The summed E-state index contributed by atoms with van der Waals surface area (Å²) in [5, 5.41) is 6.71. The quantitative estimate of drug-likeness (QED) is 0.870. The second-order valence-corrected chi connectivity index (χ2v) is 5.56. The molecule has 2 N–H and O–H groups in total. The third-order valence-corrected chi connectivity index (χ3v) is 4.04. The Morgan fingerprint density at radius 1 is 1.11 bits per heavy atom. The molecule has 1 aromatic heterocycles. The number of rotatable bonds is 4. The number of hydrogen-bond acceptors (Lipinski definition) is 5. The third-order valence-electron chi connectivity index (χ3n) is 4.04. The number of anilines is 2. The minimum Gasteiger partial charge on any atom is -0.376 e. The van der Waals surface area contributed by atoms with Crippen LogP contribution in [0.3, 0.4) is 0 Å². The van der Waals surface area contributed by atoms with Gasteiger partial charge < -0.3 is 15.4 Å². The number of aromatic nitrogens is 2. The molecule has 0 amide bonds. The molecule has 2 atom stereocenters. The van der Waals surface area contributed by atoms with Gasteiger partial charge >= 0.3 is 0 Å². The number of ether oxygens (including phenoxy) is 1. The van der Waals surface area contributed by atoms with E-state index in [0.29, 0.717) is 12.1 Å². The molecule has 1 saturated carbocycles. The Morgan fingerprint density at radius 3 is 2.53 bits per heavy atom. The molecule has 3 rings (SSSR count). The van der Waals surface area contributed by atoms with Crippen LogP contribution in [-0.4, -0.2) is 35.8 Å². The summed E-state index contributed by atoms with van der Waals surface area (Å²) >= 11 is 0. The predicted octanol–water partition coefficient (Wildman–Crippen LogP) is 2.11. The lowest BCUT2D eigenvalue weighted by molar-refractivity contribution is 0.0898. The molecule has 2 heterocycles. The van der Waals surface area contributed by atoms with Gasteiger partial charge in [0.1, 0.15) is 17.5 Å². The van der Waals surface area contributed by atoms with Crippen LogP contribution in [0.5, 0.6) is 0 Å². The van der Waals surface area contributed by atoms with Gasteiger partial charge in [-0.25, -0.2) is 9.97 Å². The predicted molar refractivity (Wildman–Crippen MR) is 75.5 cm³/mol. The molecule has 19 heavy (non-hydrogen) atoms. The second-order valence-electron chi connectivity index (χ2n) is 5.56. The van der Waals surface area contributed by atoms with E-state index in [9.17, 15) is 0 Å². The minimum atomic E-state index is 0.368. The van der Waals surface area contributed by atoms with Crippen molar-refractivity contribution in [3.8, 4) is 0 Å². The van der Waals surface area contributed by atoms with Crippen molar-refractivity contribution in [2.75, 3.05) is 24.3 Å². The first-order chi connectivity index (χ1) is 9.19. The fourth-order valence-electron chi connectivity index (χ4n) is 2.84. The van der Waals surface area contributed by atoms with Crippen LogP contribution in [0.1, 0.15) is 30.7 Å². The van der Waals surface area contributed by atoms with E-state index < -0.39 is 0 Å². The van der Waals surface area contributed by atoms with Crippen LogP contribution in [-0.2, 0) is 4.74 Å². The topological polar surface area (TPSA) is 59.1 Å². The Bertz CT molecular complexity index is 473. The van der Waals surface area contributed by atoms with Gasteiger partial charge in [-0.15, -0.1) is 0 Å². The first kappa shape index (κ1) is 12.7. The molecule has 104 valence electrons. The van der Waals surface area contributed by atoms with E-state index in [0.717, 1.165) is 42.0 Å². The smallest absolute Gasteiger partial charge is 0.135 e. The van der Waals surface area contributed by atoms with Crippen LogP contribution in [0.4, 0.5) is 11.6 Å². The van der Waals surface area contributed by atoms with Gasteiger partial charge in [0.25, 0.3) is 0 Å². The van der Waals surface area contributed by atoms with Crippen LogP contribution in [0, 0.1) is 19.8 Å². The summed E-state index contributed by atoms with van der Waals surface area (Å²) in [7, 11) is 1.89. The number of nitrogens with zero attached hydrogens (tertiary/aromatic N) is 2. The van der Waals surface area contributed by atoms with Crippen LogP contribution in [0.25, 0.3) is 0 Å². The van der Waals surface area contributed by atoms with Crippen molar-refractivity contribution >= 4 is 11.6 Å². The highest BCUT2D eigenvalue weighted by molar-refractivity contribution is 5.57. The van der Waals surface area contributed by atoms with Crippen molar-refractivity contribution in [2.45, 2.75) is 45.3 Å². The molecule has 0 radical (unpaired) electrons. The standard InChI is InChI=1S/C14H22N4O/c1-8-13(15-3)16-9(2)17-14(8)18-11-6-7-19-12(11)10-4-5-10/h10-12H,4-7H2,1-3H3,(H2,15,16,17,18). The normalized spacial score (nSPS) is 26.5. The molecular formula is C14H22N4O. The summed E-state index contributed by atoms with van der Waals surface area (Å²) < 4.78 is 5.87. The number of aryl methyl sites for hydroxylation is 1.